The van der Waals surface area contributed by atoms with Crippen LogP contribution in [0, 0.1) is 0 Å². The number of halogens is 2. The molecule has 0 spiro atoms. The molecule has 0 aliphatic carbocycles. The number of rotatable bonds is 5. The van der Waals surface area contributed by atoms with E-state index in [0.29, 0.717) is 0 Å². The lowest BCUT2D eigenvalue weighted by Crippen LogP contribution is -2.28. The molecule has 0 aromatic carbocycles. The van der Waals surface area contributed by atoms with Crippen LogP contribution in [0.4, 0.5) is 8.78 Å². The van der Waals surface area contributed by atoms with Gasteiger partial charge in [-0.15, -0.1) is 0 Å². The third-order valence-corrected chi connectivity index (χ3v) is 2.46. The molecule has 0 heterocycles. The van der Waals surface area contributed by atoms with Crippen LogP contribution >= 0.6 is 0 Å². The van der Waals surface area contributed by atoms with Gasteiger partial charge in [0, 0.05) is 12.8 Å². The molecule has 0 aromatic heterocycles. The second-order valence-electron chi connectivity index (χ2n) is 2.82. The molecule has 0 fully saturated rings. The maximum Gasteiger partial charge on any atom is 0.370 e. The maximum atomic E-state index is 12.5. The predicted molar refractivity (Wildman–Crippen MR) is 45.6 cm³/mol. The summed E-state index contributed by atoms with van der Waals surface area (Å²) in [7, 11) is -5.44. The number of allylic oxidation sites excluding steroid dienone is 1. The van der Waals surface area contributed by atoms with Crippen molar-refractivity contribution in [3.05, 3.63) is 12.2 Å². The Bertz CT molecular complexity index is 345. The van der Waals surface area contributed by atoms with Crippen LogP contribution in [-0.4, -0.2) is 24.0 Å². The summed E-state index contributed by atoms with van der Waals surface area (Å²) in [6, 6.07) is 0. The molecule has 0 amide bonds. The van der Waals surface area contributed by atoms with Crippen molar-refractivity contribution in [1.82, 2.24) is 0 Å². The first kappa shape index (κ1) is 13.2. The lowest BCUT2D eigenvalue weighted by Gasteiger charge is -2.11. The van der Waals surface area contributed by atoms with E-state index < -0.39 is 34.0 Å². The summed E-state index contributed by atoms with van der Waals surface area (Å²) >= 11 is 0. The number of carbonyl (C=O) groups is 1. The average molecular weight is 228 g/mol. The standard InChI is InChI=1S/C7H10F2O4S/c1-5(2)6(10)3-4-7(8,9)14(11,12)13/h1,3-4H2,2H3,(H,11,12,13). The van der Waals surface area contributed by atoms with Crippen molar-refractivity contribution in [3.63, 3.8) is 0 Å². The Kier molecular flexibility index (Phi) is 3.90. The Labute approximate surface area is 80.4 Å². The molecule has 7 heteroatoms. The second kappa shape index (κ2) is 4.14. The number of alkyl halides is 2. The molecule has 0 unspecified atom stereocenters. The van der Waals surface area contributed by atoms with Crippen molar-refractivity contribution in [2.75, 3.05) is 0 Å². The van der Waals surface area contributed by atoms with E-state index in [0.717, 1.165) is 0 Å². The molecule has 0 atom stereocenters. The lowest BCUT2D eigenvalue weighted by molar-refractivity contribution is -0.116. The Morgan fingerprint density at radius 2 is 1.93 bits per heavy atom. The first-order valence-corrected chi connectivity index (χ1v) is 5.05. The molecule has 82 valence electrons. The van der Waals surface area contributed by atoms with Crippen LogP contribution in [0.2, 0.25) is 0 Å². The van der Waals surface area contributed by atoms with Crippen molar-refractivity contribution in [2.45, 2.75) is 25.0 Å². The van der Waals surface area contributed by atoms with Crippen molar-refractivity contribution in [1.29, 1.82) is 0 Å². The predicted octanol–water partition coefficient (Wildman–Crippen LogP) is 1.39. The van der Waals surface area contributed by atoms with E-state index in [9.17, 15) is 22.0 Å². The summed E-state index contributed by atoms with van der Waals surface area (Å²) in [6.07, 6.45) is -1.90. The normalized spacial score (nSPS) is 12.6. The fourth-order valence-electron chi connectivity index (χ4n) is 0.601. The minimum Gasteiger partial charge on any atom is -0.295 e. The summed E-state index contributed by atoms with van der Waals surface area (Å²) in [5.41, 5.74) is 0.0659. The summed E-state index contributed by atoms with van der Waals surface area (Å²) in [5.74, 6) is -0.659. The maximum absolute atomic E-state index is 12.5. The van der Waals surface area contributed by atoms with Gasteiger partial charge in [-0.3, -0.25) is 9.35 Å². The van der Waals surface area contributed by atoms with E-state index in [2.05, 4.69) is 6.58 Å². The van der Waals surface area contributed by atoms with Crippen LogP contribution in [0.5, 0.6) is 0 Å². The van der Waals surface area contributed by atoms with Gasteiger partial charge in [0.2, 0.25) is 0 Å². The van der Waals surface area contributed by atoms with Crippen LogP contribution in [0.1, 0.15) is 19.8 Å². The molecule has 14 heavy (non-hydrogen) atoms. The van der Waals surface area contributed by atoms with Gasteiger partial charge in [0.15, 0.2) is 5.78 Å². The Morgan fingerprint density at radius 3 is 2.21 bits per heavy atom. The Morgan fingerprint density at radius 1 is 1.50 bits per heavy atom. The molecular weight excluding hydrogens is 218 g/mol. The van der Waals surface area contributed by atoms with Gasteiger partial charge in [-0.2, -0.15) is 17.2 Å². The summed E-state index contributed by atoms with van der Waals surface area (Å²) in [6.45, 7) is 4.54. The third-order valence-electron chi connectivity index (χ3n) is 1.50. The molecule has 0 saturated heterocycles. The minimum absolute atomic E-state index is 0.0659. The van der Waals surface area contributed by atoms with Gasteiger partial charge in [0.25, 0.3) is 0 Å². The smallest absolute Gasteiger partial charge is 0.295 e. The van der Waals surface area contributed by atoms with Crippen LogP contribution in [-0.2, 0) is 14.9 Å². The zero-order chi connectivity index (χ0) is 11.6. The highest BCUT2D eigenvalue weighted by molar-refractivity contribution is 7.86. The van der Waals surface area contributed by atoms with Crippen molar-refractivity contribution < 1.29 is 26.5 Å². The highest BCUT2D eigenvalue weighted by atomic mass is 32.2. The molecule has 4 nitrogen and oxygen atoms in total. The highest BCUT2D eigenvalue weighted by Crippen LogP contribution is 2.26. The van der Waals surface area contributed by atoms with E-state index >= 15 is 0 Å². The second-order valence-corrected chi connectivity index (χ2v) is 4.36. The van der Waals surface area contributed by atoms with Gasteiger partial charge in [0.1, 0.15) is 0 Å². The topological polar surface area (TPSA) is 71.4 Å². The van der Waals surface area contributed by atoms with Crippen LogP contribution < -0.4 is 0 Å². The Hall–Kier alpha value is -0.820. The summed E-state index contributed by atoms with van der Waals surface area (Å²) in [5, 5.41) is -4.28. The monoisotopic (exact) mass is 228 g/mol. The lowest BCUT2D eigenvalue weighted by atomic mass is 10.1. The number of hydrogen-bond acceptors (Lipinski definition) is 3. The number of Topliss-reactive ketones (excluding diaryl/α,β-unsaturated/α-hetero) is 1. The van der Waals surface area contributed by atoms with Gasteiger partial charge in [-0.25, -0.2) is 0 Å². The molecule has 0 aliphatic heterocycles. The molecular formula is C7H10F2O4S. The molecule has 1 N–H and O–H groups in total. The first-order valence-electron chi connectivity index (χ1n) is 3.61. The number of carbonyl (C=O) groups excluding carboxylic acids is 1. The van der Waals surface area contributed by atoms with E-state index in [1.165, 1.54) is 6.92 Å². The van der Waals surface area contributed by atoms with E-state index in [1.807, 2.05) is 0 Å². The van der Waals surface area contributed by atoms with Crippen LogP contribution in [0.3, 0.4) is 0 Å². The highest BCUT2D eigenvalue weighted by Gasteiger charge is 2.43. The van der Waals surface area contributed by atoms with Crippen LogP contribution in [0.15, 0.2) is 12.2 Å². The van der Waals surface area contributed by atoms with Gasteiger partial charge >= 0.3 is 15.4 Å². The van der Waals surface area contributed by atoms with Gasteiger partial charge < -0.3 is 0 Å². The average Bonchev–Trinajstić information content (AvgIpc) is 1.97. The SMILES string of the molecule is C=C(C)C(=O)CCC(F)(F)S(=O)(=O)O. The van der Waals surface area contributed by atoms with E-state index in [1.54, 1.807) is 0 Å². The molecule has 0 rings (SSSR count). The molecule has 0 aliphatic rings. The minimum atomic E-state index is -5.44. The molecule has 0 bridgehead atoms. The fourth-order valence-corrected chi connectivity index (χ4v) is 0.961. The van der Waals surface area contributed by atoms with Crippen LogP contribution in [0.25, 0.3) is 0 Å². The molecule has 0 aromatic rings. The fraction of sp³-hybridized carbons (Fsp3) is 0.571. The van der Waals surface area contributed by atoms with E-state index in [-0.39, 0.29) is 5.57 Å². The zero-order valence-electron chi connectivity index (χ0n) is 7.46. The summed E-state index contributed by atoms with van der Waals surface area (Å²) in [4.78, 5) is 10.8. The first-order chi connectivity index (χ1) is 6.08. The zero-order valence-corrected chi connectivity index (χ0v) is 8.27. The third kappa shape index (κ3) is 3.51. The van der Waals surface area contributed by atoms with Gasteiger partial charge in [-0.1, -0.05) is 6.58 Å². The largest absolute Gasteiger partial charge is 0.370 e. The van der Waals surface area contributed by atoms with Crippen molar-refractivity contribution in [3.8, 4) is 0 Å². The van der Waals surface area contributed by atoms with Crippen molar-refractivity contribution >= 4 is 15.9 Å². The van der Waals surface area contributed by atoms with Gasteiger partial charge in [0.05, 0.1) is 0 Å². The van der Waals surface area contributed by atoms with E-state index in [4.69, 9.17) is 4.55 Å². The molecule has 0 radical (unpaired) electrons. The van der Waals surface area contributed by atoms with Gasteiger partial charge in [-0.05, 0) is 12.5 Å². The quantitative estimate of drug-likeness (QED) is 0.570. The Balaban J connectivity index is 4.42. The summed E-state index contributed by atoms with van der Waals surface area (Å²) < 4.78 is 53.4. The number of hydrogen-bond donors (Lipinski definition) is 1. The number of ketones is 1. The molecule has 0 saturated carbocycles. The van der Waals surface area contributed by atoms with Crippen molar-refractivity contribution in [2.24, 2.45) is 0 Å².